The Morgan fingerprint density at radius 1 is 1.33 bits per heavy atom. The molecule has 0 radical (unpaired) electrons. The van der Waals surface area contributed by atoms with Crippen LogP contribution in [0.5, 0.6) is 0 Å². The normalized spacial score (nSPS) is 11.2. The molecule has 0 saturated heterocycles. The molecular weight excluding hydrogens is 165 g/mol. The average molecular weight is 183 g/mol. The Hall–Kier alpha value is -0.290. The van der Waals surface area contributed by atoms with Crippen molar-refractivity contribution in [1.29, 1.82) is 0 Å². The van der Waals surface area contributed by atoms with Gasteiger partial charge in [-0.1, -0.05) is 26.2 Å². The maximum Gasteiger partial charge on any atom is 0.0427 e. The number of aryl methyl sites for hydroxylation is 2. The molecule has 0 spiro atoms. The lowest BCUT2D eigenvalue weighted by Gasteiger charge is -1.96. The van der Waals surface area contributed by atoms with Crippen LogP contribution in [-0.4, -0.2) is 4.98 Å². The predicted octanol–water partition coefficient (Wildman–Crippen LogP) is 4.03. The van der Waals surface area contributed by atoms with E-state index in [4.69, 9.17) is 0 Å². The Kier molecular flexibility index (Phi) is 4.39. The summed E-state index contributed by atoms with van der Waals surface area (Å²) < 4.78 is 0. The lowest BCUT2D eigenvalue weighted by Crippen LogP contribution is -1.82. The molecule has 0 saturated carbocycles. The van der Waals surface area contributed by atoms with E-state index in [9.17, 15) is 0 Å². The first kappa shape index (κ1) is 9.80. The molecule has 0 atom stereocenters. The molecule has 0 aliphatic rings. The van der Waals surface area contributed by atoms with E-state index in [1.807, 2.05) is 0 Å². The standard InChI is InChI=1S/C10H18NP/c1-3-4-5-6-7-10-11-8-9(2)12-10/h8,11H,3-7H2,1-2H3. The van der Waals surface area contributed by atoms with E-state index < -0.39 is 0 Å². The summed E-state index contributed by atoms with van der Waals surface area (Å²) in [5, 5.41) is 1.44. The van der Waals surface area contributed by atoms with Gasteiger partial charge in [0.05, 0.1) is 0 Å². The highest BCUT2D eigenvalue weighted by molar-refractivity contribution is 7.31. The molecule has 0 unspecified atom stereocenters. The Labute approximate surface area is 76.7 Å². The van der Waals surface area contributed by atoms with Crippen LogP contribution < -0.4 is 0 Å². The summed E-state index contributed by atoms with van der Waals surface area (Å²) in [5.74, 6) is 0. The van der Waals surface area contributed by atoms with Gasteiger partial charge in [-0.05, 0) is 33.3 Å². The second-order valence-corrected chi connectivity index (χ2v) is 4.77. The molecule has 1 rings (SSSR count). The summed E-state index contributed by atoms with van der Waals surface area (Å²) in [4.78, 5) is 3.33. The Bertz CT molecular complexity index is 217. The predicted molar refractivity (Wildman–Crippen MR) is 55.9 cm³/mol. The van der Waals surface area contributed by atoms with Gasteiger partial charge < -0.3 is 4.98 Å². The molecule has 0 aliphatic heterocycles. The van der Waals surface area contributed by atoms with Crippen molar-refractivity contribution in [3.8, 4) is 0 Å². The Balaban J connectivity index is 2.15. The van der Waals surface area contributed by atoms with Crippen molar-refractivity contribution >= 4 is 8.19 Å². The second kappa shape index (κ2) is 5.37. The fraction of sp³-hybridized carbons (Fsp3) is 0.700. The monoisotopic (exact) mass is 183 g/mol. The Morgan fingerprint density at radius 2 is 2.17 bits per heavy atom. The molecule has 1 nitrogen and oxygen atoms in total. The lowest BCUT2D eigenvalue weighted by molar-refractivity contribution is 0.665. The number of unbranched alkanes of at least 4 members (excludes halogenated alkanes) is 3. The summed E-state index contributed by atoms with van der Waals surface area (Å²) in [6, 6.07) is 0. The molecule has 2 heteroatoms. The van der Waals surface area contributed by atoms with Crippen LogP contribution in [0.15, 0.2) is 6.20 Å². The highest BCUT2D eigenvalue weighted by atomic mass is 31.0. The van der Waals surface area contributed by atoms with Gasteiger partial charge in [-0.2, -0.15) is 0 Å². The SMILES string of the molecule is CCCCCCc1[nH]cc(C)p1. The molecule has 0 fully saturated rings. The summed E-state index contributed by atoms with van der Waals surface area (Å²) >= 11 is 0. The minimum Gasteiger partial charge on any atom is -0.361 e. The number of aromatic amines is 1. The van der Waals surface area contributed by atoms with E-state index in [1.165, 1.54) is 51.0 Å². The maximum atomic E-state index is 3.33. The molecule has 0 amide bonds. The molecule has 0 bridgehead atoms. The van der Waals surface area contributed by atoms with Crippen molar-refractivity contribution in [3.05, 3.63) is 16.9 Å². The average Bonchev–Trinajstić information content (AvgIpc) is 2.45. The fourth-order valence-corrected chi connectivity index (χ4v) is 2.27. The van der Waals surface area contributed by atoms with Gasteiger partial charge in [0.15, 0.2) is 0 Å². The molecule has 68 valence electrons. The van der Waals surface area contributed by atoms with Crippen LogP contribution in [0, 0.1) is 6.92 Å². The Morgan fingerprint density at radius 3 is 2.75 bits per heavy atom. The summed E-state index contributed by atoms with van der Waals surface area (Å²) in [6.07, 6.45) is 8.83. The zero-order valence-corrected chi connectivity index (χ0v) is 8.95. The van der Waals surface area contributed by atoms with E-state index >= 15 is 0 Å². The van der Waals surface area contributed by atoms with Crippen LogP contribution in [-0.2, 0) is 6.42 Å². The quantitative estimate of drug-likeness (QED) is 0.663. The molecule has 1 aromatic heterocycles. The van der Waals surface area contributed by atoms with Crippen LogP contribution in [0.3, 0.4) is 0 Å². The van der Waals surface area contributed by atoms with E-state index in [0.717, 1.165) is 0 Å². The number of hydrogen-bond acceptors (Lipinski definition) is 0. The van der Waals surface area contributed by atoms with Crippen LogP contribution in [0.2, 0.25) is 0 Å². The lowest BCUT2D eigenvalue weighted by atomic mass is 10.2. The number of hydrogen-bond donors (Lipinski definition) is 1. The van der Waals surface area contributed by atoms with Gasteiger partial charge in [-0.25, -0.2) is 0 Å². The van der Waals surface area contributed by atoms with Gasteiger partial charge in [0.25, 0.3) is 0 Å². The molecular formula is C10H18NP. The second-order valence-electron chi connectivity index (χ2n) is 3.30. The summed E-state index contributed by atoms with van der Waals surface area (Å²) in [5.41, 5.74) is 1.49. The zero-order chi connectivity index (χ0) is 8.81. The van der Waals surface area contributed by atoms with Crippen LogP contribution >= 0.6 is 8.19 Å². The molecule has 1 heterocycles. The smallest absolute Gasteiger partial charge is 0.0427 e. The third kappa shape index (κ3) is 3.40. The van der Waals surface area contributed by atoms with E-state index in [0.29, 0.717) is 0 Å². The number of H-pyrrole nitrogens is 1. The number of aromatic nitrogens is 1. The summed E-state index contributed by atoms with van der Waals surface area (Å²) in [7, 11) is 1.42. The van der Waals surface area contributed by atoms with E-state index in [1.54, 1.807) is 0 Å². The highest BCUT2D eigenvalue weighted by Gasteiger charge is 1.95. The van der Waals surface area contributed by atoms with Crippen LogP contribution in [0.1, 0.15) is 43.3 Å². The van der Waals surface area contributed by atoms with Gasteiger partial charge in [0.1, 0.15) is 0 Å². The first-order valence-electron chi connectivity index (χ1n) is 4.84. The topological polar surface area (TPSA) is 15.8 Å². The van der Waals surface area contributed by atoms with Gasteiger partial charge in [0.2, 0.25) is 0 Å². The van der Waals surface area contributed by atoms with Crippen LogP contribution in [0.4, 0.5) is 0 Å². The molecule has 0 aromatic carbocycles. The largest absolute Gasteiger partial charge is 0.361 e. The minimum atomic E-state index is 1.26. The third-order valence-electron chi connectivity index (χ3n) is 2.03. The van der Waals surface area contributed by atoms with Crippen molar-refractivity contribution in [2.24, 2.45) is 0 Å². The van der Waals surface area contributed by atoms with Crippen LogP contribution in [0.25, 0.3) is 0 Å². The summed E-state index contributed by atoms with van der Waals surface area (Å²) in [6.45, 7) is 4.43. The zero-order valence-electron chi connectivity index (χ0n) is 8.06. The molecule has 1 aromatic rings. The highest BCUT2D eigenvalue weighted by Crippen LogP contribution is 2.19. The van der Waals surface area contributed by atoms with E-state index in [2.05, 4.69) is 25.0 Å². The van der Waals surface area contributed by atoms with Crippen molar-refractivity contribution in [1.82, 2.24) is 4.98 Å². The molecule has 0 aliphatic carbocycles. The fourth-order valence-electron chi connectivity index (χ4n) is 1.31. The third-order valence-corrected chi connectivity index (χ3v) is 3.13. The van der Waals surface area contributed by atoms with Gasteiger partial charge >= 0.3 is 0 Å². The van der Waals surface area contributed by atoms with Crippen molar-refractivity contribution in [2.75, 3.05) is 0 Å². The molecule has 12 heavy (non-hydrogen) atoms. The minimum absolute atomic E-state index is 1.26. The first-order chi connectivity index (χ1) is 5.83. The van der Waals surface area contributed by atoms with Gasteiger partial charge in [-0.3, -0.25) is 0 Å². The maximum absolute atomic E-state index is 3.33. The van der Waals surface area contributed by atoms with Gasteiger partial charge in [-0.15, -0.1) is 0 Å². The van der Waals surface area contributed by atoms with E-state index in [-0.39, 0.29) is 0 Å². The first-order valence-corrected chi connectivity index (χ1v) is 5.73. The van der Waals surface area contributed by atoms with Gasteiger partial charge in [0, 0.05) is 11.6 Å². The van der Waals surface area contributed by atoms with Crippen molar-refractivity contribution in [2.45, 2.75) is 46.0 Å². The molecule has 1 N–H and O–H groups in total. The van der Waals surface area contributed by atoms with Crippen molar-refractivity contribution < 1.29 is 0 Å². The number of rotatable bonds is 5. The number of nitrogens with one attached hydrogen (secondary N) is 1. The van der Waals surface area contributed by atoms with Crippen molar-refractivity contribution in [3.63, 3.8) is 0 Å².